The largest absolute Gasteiger partial charge is 0.334 e. The predicted octanol–water partition coefficient (Wildman–Crippen LogP) is 4.90. The molecule has 0 saturated heterocycles. The van der Waals surface area contributed by atoms with Gasteiger partial charge in [0.2, 0.25) is 5.91 Å². The molecule has 1 aromatic heterocycles. The quantitative estimate of drug-likeness (QED) is 0.566. The molecule has 150 valence electrons. The Kier molecular flexibility index (Phi) is 5.52. The summed E-state index contributed by atoms with van der Waals surface area (Å²) in [4.78, 5) is 14.9. The van der Waals surface area contributed by atoms with Gasteiger partial charge in [-0.3, -0.25) is 14.5 Å². The van der Waals surface area contributed by atoms with Crippen LogP contribution in [0, 0.1) is 17.5 Å². The summed E-state index contributed by atoms with van der Waals surface area (Å²) in [6.07, 6.45) is 1.80. The molecule has 0 bridgehead atoms. The molecule has 1 saturated carbocycles. The van der Waals surface area contributed by atoms with Crippen LogP contribution in [0.4, 0.5) is 4.39 Å². The third-order valence-electron chi connectivity index (χ3n) is 5.03. The van der Waals surface area contributed by atoms with E-state index < -0.39 is 5.82 Å². The van der Waals surface area contributed by atoms with Gasteiger partial charge in [-0.1, -0.05) is 41.4 Å². The lowest BCUT2D eigenvalue weighted by atomic mass is 10.1. The first-order valence-corrected chi connectivity index (χ1v) is 10.2. The van der Waals surface area contributed by atoms with E-state index in [4.69, 9.17) is 23.8 Å². The number of aryl methyl sites for hydroxylation is 1. The van der Waals surface area contributed by atoms with Crippen molar-refractivity contribution >= 4 is 29.7 Å². The lowest BCUT2D eigenvalue weighted by molar-refractivity contribution is -0.133. The van der Waals surface area contributed by atoms with Gasteiger partial charge >= 0.3 is 0 Å². The van der Waals surface area contributed by atoms with Crippen LogP contribution in [0.25, 0.3) is 11.4 Å². The molecule has 1 fully saturated rings. The Morgan fingerprint density at radius 3 is 2.79 bits per heavy atom. The van der Waals surface area contributed by atoms with Crippen molar-refractivity contribution in [2.24, 2.45) is 0 Å². The van der Waals surface area contributed by atoms with Gasteiger partial charge in [-0.25, -0.2) is 4.39 Å². The number of aromatic amines is 1. The van der Waals surface area contributed by atoms with Crippen molar-refractivity contribution in [3.05, 3.63) is 69.2 Å². The van der Waals surface area contributed by atoms with Crippen molar-refractivity contribution < 1.29 is 9.18 Å². The average molecular weight is 431 g/mol. The lowest BCUT2D eigenvalue weighted by Gasteiger charge is -2.24. The smallest absolute Gasteiger partial charge is 0.243 e. The average Bonchev–Trinajstić information content (AvgIpc) is 3.45. The van der Waals surface area contributed by atoms with Crippen LogP contribution in [0.3, 0.4) is 0 Å². The van der Waals surface area contributed by atoms with Crippen LogP contribution < -0.4 is 0 Å². The number of aromatic nitrogens is 3. The van der Waals surface area contributed by atoms with Gasteiger partial charge in [0.25, 0.3) is 0 Å². The molecule has 0 spiro atoms. The first kappa shape index (κ1) is 19.8. The highest BCUT2D eigenvalue weighted by Gasteiger charge is 2.34. The van der Waals surface area contributed by atoms with E-state index in [1.807, 2.05) is 31.2 Å². The standard InChI is InChI=1S/C21H20ClFN4OS/c1-13-4-2-5-14(10-13)20-24-25-21(29)27(20)12-19(28)26(15-8-9-15)11-16-17(22)6-3-7-18(16)23/h2-7,10,15H,8-9,11-12H2,1H3,(H,25,29). The Morgan fingerprint density at radius 1 is 1.34 bits per heavy atom. The molecule has 2 aromatic carbocycles. The van der Waals surface area contributed by atoms with E-state index in [2.05, 4.69) is 10.2 Å². The molecule has 29 heavy (non-hydrogen) atoms. The van der Waals surface area contributed by atoms with Crippen LogP contribution in [-0.2, 0) is 17.9 Å². The minimum Gasteiger partial charge on any atom is -0.334 e. The van der Waals surface area contributed by atoms with Gasteiger partial charge in [0.1, 0.15) is 12.4 Å². The molecule has 8 heteroatoms. The number of hydrogen-bond donors (Lipinski definition) is 1. The molecular weight excluding hydrogens is 411 g/mol. The molecule has 0 radical (unpaired) electrons. The van der Waals surface area contributed by atoms with E-state index in [9.17, 15) is 9.18 Å². The Labute approximate surface area is 178 Å². The van der Waals surface area contributed by atoms with Crippen molar-refractivity contribution in [3.8, 4) is 11.4 Å². The van der Waals surface area contributed by atoms with Crippen LogP contribution in [0.5, 0.6) is 0 Å². The molecule has 0 unspecified atom stereocenters. The monoisotopic (exact) mass is 430 g/mol. The number of hydrogen-bond acceptors (Lipinski definition) is 3. The summed E-state index contributed by atoms with van der Waals surface area (Å²) in [5.41, 5.74) is 2.30. The highest BCUT2D eigenvalue weighted by Crippen LogP contribution is 2.31. The van der Waals surface area contributed by atoms with E-state index in [1.165, 1.54) is 6.07 Å². The van der Waals surface area contributed by atoms with Crippen molar-refractivity contribution in [2.45, 2.75) is 38.9 Å². The minimum atomic E-state index is -0.406. The van der Waals surface area contributed by atoms with Gasteiger partial charge in [-0.05, 0) is 50.2 Å². The molecule has 0 atom stereocenters. The molecule has 1 amide bonds. The summed E-state index contributed by atoms with van der Waals surface area (Å²) in [6, 6.07) is 12.5. The number of nitrogens with one attached hydrogen (secondary N) is 1. The molecule has 4 rings (SSSR count). The first-order valence-electron chi connectivity index (χ1n) is 9.38. The number of halogens is 2. The number of rotatable bonds is 6. The summed E-state index contributed by atoms with van der Waals surface area (Å²) < 4.78 is 16.3. The Balaban J connectivity index is 1.61. The van der Waals surface area contributed by atoms with E-state index in [0.29, 0.717) is 21.2 Å². The summed E-state index contributed by atoms with van der Waals surface area (Å²) in [7, 11) is 0. The third-order valence-corrected chi connectivity index (χ3v) is 5.69. The first-order chi connectivity index (χ1) is 13.9. The molecule has 5 nitrogen and oxygen atoms in total. The van der Waals surface area contributed by atoms with Crippen LogP contribution in [0.15, 0.2) is 42.5 Å². The number of carbonyl (C=O) groups is 1. The van der Waals surface area contributed by atoms with E-state index in [1.54, 1.807) is 21.6 Å². The highest BCUT2D eigenvalue weighted by atomic mass is 35.5. The van der Waals surface area contributed by atoms with Crippen molar-refractivity contribution in [1.29, 1.82) is 0 Å². The van der Waals surface area contributed by atoms with Crippen molar-refractivity contribution in [1.82, 2.24) is 19.7 Å². The Bertz CT molecular complexity index is 1100. The molecule has 0 aliphatic heterocycles. The summed E-state index contributed by atoms with van der Waals surface area (Å²) in [6.45, 7) is 2.16. The molecular formula is C21H20ClFN4OS. The fourth-order valence-electron chi connectivity index (χ4n) is 3.36. The second kappa shape index (κ2) is 8.08. The van der Waals surface area contributed by atoms with Crippen molar-refractivity contribution in [3.63, 3.8) is 0 Å². The number of H-pyrrole nitrogens is 1. The molecule has 1 N–H and O–H groups in total. The van der Waals surface area contributed by atoms with Gasteiger partial charge in [-0.2, -0.15) is 5.10 Å². The van der Waals surface area contributed by atoms with Gasteiger partial charge in [0, 0.05) is 22.2 Å². The van der Waals surface area contributed by atoms with E-state index in [-0.39, 0.29) is 25.0 Å². The maximum atomic E-state index is 14.3. The van der Waals surface area contributed by atoms with Crippen LogP contribution in [-0.4, -0.2) is 31.6 Å². The molecule has 1 aliphatic carbocycles. The van der Waals surface area contributed by atoms with Crippen LogP contribution >= 0.6 is 23.8 Å². The maximum absolute atomic E-state index is 14.3. The van der Waals surface area contributed by atoms with Gasteiger partial charge in [0.15, 0.2) is 10.6 Å². The number of benzene rings is 2. The Morgan fingerprint density at radius 2 is 2.10 bits per heavy atom. The second-order valence-corrected chi connectivity index (χ2v) is 8.05. The molecule has 3 aromatic rings. The van der Waals surface area contributed by atoms with E-state index >= 15 is 0 Å². The second-order valence-electron chi connectivity index (χ2n) is 7.26. The van der Waals surface area contributed by atoms with Crippen molar-refractivity contribution in [2.75, 3.05) is 0 Å². The SMILES string of the molecule is Cc1cccc(-c2n[nH]c(=S)n2CC(=O)N(Cc2c(F)cccc2Cl)C2CC2)c1. The normalized spacial score (nSPS) is 13.5. The summed E-state index contributed by atoms with van der Waals surface area (Å²) in [5, 5.41) is 7.41. The summed E-state index contributed by atoms with van der Waals surface area (Å²) >= 11 is 11.5. The Hall–Kier alpha value is -2.51. The molecule has 1 aliphatic rings. The maximum Gasteiger partial charge on any atom is 0.243 e. The zero-order chi connectivity index (χ0) is 20.5. The number of carbonyl (C=O) groups excluding carboxylic acids is 1. The minimum absolute atomic E-state index is 0.0289. The fraction of sp³-hybridized carbons (Fsp3) is 0.286. The molecule has 1 heterocycles. The number of amides is 1. The van der Waals surface area contributed by atoms with Gasteiger partial charge in [-0.15, -0.1) is 0 Å². The number of nitrogens with zero attached hydrogens (tertiary/aromatic N) is 3. The van der Waals surface area contributed by atoms with Gasteiger partial charge < -0.3 is 4.90 Å². The summed E-state index contributed by atoms with van der Waals surface area (Å²) in [5.74, 6) is 0.0567. The zero-order valence-electron chi connectivity index (χ0n) is 15.9. The van der Waals surface area contributed by atoms with Gasteiger partial charge in [0.05, 0.1) is 6.54 Å². The zero-order valence-corrected chi connectivity index (χ0v) is 17.4. The highest BCUT2D eigenvalue weighted by molar-refractivity contribution is 7.71. The lowest BCUT2D eigenvalue weighted by Crippen LogP contribution is -2.35. The fourth-order valence-corrected chi connectivity index (χ4v) is 3.78. The van der Waals surface area contributed by atoms with Crippen LogP contribution in [0.2, 0.25) is 5.02 Å². The van der Waals surface area contributed by atoms with Crippen LogP contribution in [0.1, 0.15) is 24.0 Å². The third kappa shape index (κ3) is 4.26. The van der Waals surface area contributed by atoms with E-state index in [0.717, 1.165) is 24.0 Å². The topological polar surface area (TPSA) is 53.9 Å². The predicted molar refractivity (Wildman–Crippen MR) is 113 cm³/mol.